The van der Waals surface area contributed by atoms with Crippen LogP contribution in [0.3, 0.4) is 0 Å². The fourth-order valence-corrected chi connectivity index (χ4v) is 5.86. The van der Waals surface area contributed by atoms with Crippen molar-refractivity contribution in [3.63, 3.8) is 0 Å². The Morgan fingerprint density at radius 1 is 1.33 bits per heavy atom. The van der Waals surface area contributed by atoms with E-state index in [1.54, 1.807) is 17.8 Å². The van der Waals surface area contributed by atoms with Crippen LogP contribution in [0.15, 0.2) is 32.9 Å². The molecule has 2 aliphatic rings. The van der Waals surface area contributed by atoms with Gasteiger partial charge in [-0.25, -0.2) is 4.39 Å². The number of hydrogen-bond acceptors (Lipinski definition) is 7. The van der Waals surface area contributed by atoms with E-state index in [1.807, 2.05) is 26.0 Å². The maximum absolute atomic E-state index is 14.4. The molecular formula is C21H29FN6OS. The summed E-state index contributed by atoms with van der Waals surface area (Å²) in [5.74, 6) is 0.768. The van der Waals surface area contributed by atoms with E-state index in [1.165, 1.54) is 11.8 Å². The molecule has 0 aromatic carbocycles. The van der Waals surface area contributed by atoms with Gasteiger partial charge in [0.2, 0.25) is 5.95 Å². The van der Waals surface area contributed by atoms with Gasteiger partial charge in [0, 0.05) is 37.3 Å². The molecule has 2 aromatic heterocycles. The molecule has 0 bridgehead atoms. The van der Waals surface area contributed by atoms with Crippen molar-refractivity contribution >= 4 is 23.5 Å². The van der Waals surface area contributed by atoms with Gasteiger partial charge in [-0.15, -0.1) is 0 Å². The van der Waals surface area contributed by atoms with Crippen LogP contribution in [0.4, 0.5) is 16.2 Å². The minimum atomic E-state index is -0.943. The number of nitrogens with zero attached hydrogens (tertiary/aromatic N) is 4. The van der Waals surface area contributed by atoms with Crippen molar-refractivity contribution in [2.75, 3.05) is 23.7 Å². The summed E-state index contributed by atoms with van der Waals surface area (Å²) in [6, 6.07) is 3.32. The molecule has 4 N–H and O–H groups in total. The number of rotatable bonds is 3. The zero-order valence-electron chi connectivity index (χ0n) is 17.6. The second-order valence-corrected chi connectivity index (χ2v) is 9.73. The molecule has 9 heteroatoms. The molecular weight excluding hydrogens is 403 g/mol. The number of piperidine rings is 1. The van der Waals surface area contributed by atoms with Crippen LogP contribution in [0.25, 0.3) is 0 Å². The average molecular weight is 433 g/mol. The van der Waals surface area contributed by atoms with Gasteiger partial charge in [-0.3, -0.25) is 14.3 Å². The van der Waals surface area contributed by atoms with Crippen molar-refractivity contribution < 1.29 is 4.39 Å². The summed E-state index contributed by atoms with van der Waals surface area (Å²) in [6.07, 6.45) is 3.17. The second kappa shape index (κ2) is 7.85. The quantitative estimate of drug-likeness (QED) is 0.768. The predicted octanol–water partition coefficient (Wildman–Crippen LogP) is 2.51. The molecule has 0 amide bonds. The number of hydrogen-bond donors (Lipinski definition) is 2. The molecule has 1 spiro atoms. The summed E-state index contributed by atoms with van der Waals surface area (Å²) < 4.78 is 15.9. The van der Waals surface area contributed by atoms with Crippen molar-refractivity contribution in [1.82, 2.24) is 14.5 Å². The molecule has 1 aliphatic heterocycles. The van der Waals surface area contributed by atoms with Crippen molar-refractivity contribution in [2.24, 2.45) is 24.1 Å². The van der Waals surface area contributed by atoms with Crippen molar-refractivity contribution in [1.29, 1.82) is 0 Å². The lowest BCUT2D eigenvalue weighted by molar-refractivity contribution is 0.166. The lowest BCUT2D eigenvalue weighted by Crippen LogP contribution is -2.50. The van der Waals surface area contributed by atoms with Gasteiger partial charge in [0.05, 0.1) is 5.69 Å². The first-order valence-corrected chi connectivity index (χ1v) is 11.2. The van der Waals surface area contributed by atoms with Gasteiger partial charge < -0.3 is 16.4 Å². The number of halogens is 1. The number of alkyl halides is 1. The van der Waals surface area contributed by atoms with Gasteiger partial charge in [0.25, 0.3) is 5.56 Å². The molecule has 7 nitrogen and oxygen atoms in total. The highest BCUT2D eigenvalue weighted by molar-refractivity contribution is 7.99. The Labute approximate surface area is 180 Å². The predicted molar refractivity (Wildman–Crippen MR) is 118 cm³/mol. The standard InChI is InChI=1S/C21H29FN6OS/c1-12-11-21(17(23)15(12)22)6-9-28(10-7-21)20-26-18(24)16(19(29)27(20)3)30-14-5-4-8-25-13(14)2/h4-5,8,12,15,17H,6-7,9-11,23-24H2,1-3H3/t12-,15-,17-/m1/s1. The van der Waals surface area contributed by atoms with Gasteiger partial charge in [-0.1, -0.05) is 18.7 Å². The molecule has 2 aromatic rings. The summed E-state index contributed by atoms with van der Waals surface area (Å²) in [4.78, 5) is 25.2. The van der Waals surface area contributed by atoms with Crippen LogP contribution in [0.2, 0.25) is 0 Å². The summed E-state index contributed by atoms with van der Waals surface area (Å²) in [6.45, 7) is 5.20. The minimum Gasteiger partial charge on any atom is -0.382 e. The van der Waals surface area contributed by atoms with Crippen LogP contribution in [0.1, 0.15) is 31.9 Å². The maximum Gasteiger partial charge on any atom is 0.270 e. The first-order chi connectivity index (χ1) is 14.2. The third-order valence-corrected chi connectivity index (χ3v) is 8.03. The third kappa shape index (κ3) is 3.47. The molecule has 0 radical (unpaired) electrons. The summed E-state index contributed by atoms with van der Waals surface area (Å²) in [5, 5.41) is 0. The van der Waals surface area contributed by atoms with E-state index in [4.69, 9.17) is 11.5 Å². The first-order valence-electron chi connectivity index (χ1n) is 10.3. The fraction of sp³-hybridized carbons (Fsp3) is 0.571. The zero-order chi connectivity index (χ0) is 21.6. The zero-order valence-corrected chi connectivity index (χ0v) is 18.5. The molecule has 162 valence electrons. The highest BCUT2D eigenvalue weighted by Gasteiger charge is 2.51. The van der Waals surface area contributed by atoms with E-state index in [2.05, 4.69) is 14.9 Å². The molecule has 4 rings (SSSR count). The third-order valence-electron chi connectivity index (χ3n) is 6.79. The Morgan fingerprint density at radius 3 is 2.63 bits per heavy atom. The Morgan fingerprint density at radius 2 is 2.03 bits per heavy atom. The Balaban J connectivity index is 1.57. The molecule has 1 aliphatic carbocycles. The number of nitrogens with two attached hydrogens (primary N) is 2. The van der Waals surface area contributed by atoms with Crippen molar-refractivity contribution in [2.45, 2.75) is 55.1 Å². The van der Waals surface area contributed by atoms with E-state index >= 15 is 0 Å². The maximum atomic E-state index is 14.4. The second-order valence-electron chi connectivity index (χ2n) is 8.68. The van der Waals surface area contributed by atoms with Gasteiger partial charge in [0.1, 0.15) is 16.9 Å². The van der Waals surface area contributed by atoms with Crippen molar-refractivity contribution in [3.05, 3.63) is 34.4 Å². The van der Waals surface area contributed by atoms with Gasteiger partial charge >= 0.3 is 0 Å². The van der Waals surface area contributed by atoms with E-state index in [-0.39, 0.29) is 22.7 Å². The van der Waals surface area contributed by atoms with Crippen LogP contribution in [-0.2, 0) is 7.05 Å². The Bertz CT molecular complexity index is 1000. The smallest absolute Gasteiger partial charge is 0.270 e. The molecule has 30 heavy (non-hydrogen) atoms. The summed E-state index contributed by atoms with van der Waals surface area (Å²) in [5.41, 5.74) is 13.0. The van der Waals surface area contributed by atoms with Gasteiger partial charge in [-0.05, 0) is 49.7 Å². The van der Waals surface area contributed by atoms with Crippen LogP contribution in [0.5, 0.6) is 0 Å². The van der Waals surface area contributed by atoms with Crippen LogP contribution >= 0.6 is 11.8 Å². The lowest BCUT2D eigenvalue weighted by atomic mass is 9.74. The Hall–Kier alpha value is -2.13. The SMILES string of the molecule is Cc1ncccc1Sc1c(N)nc(N2CCC3(CC2)C[C@@H](C)[C@@H](F)[C@H]3N)n(C)c1=O. The number of pyridine rings is 1. The number of aromatic nitrogens is 3. The molecule has 3 atom stereocenters. The summed E-state index contributed by atoms with van der Waals surface area (Å²) >= 11 is 1.29. The van der Waals surface area contributed by atoms with Gasteiger partial charge in [0.15, 0.2) is 0 Å². The normalized spacial score (nSPS) is 25.8. The largest absolute Gasteiger partial charge is 0.382 e. The van der Waals surface area contributed by atoms with E-state index in [0.29, 0.717) is 23.9 Å². The molecule has 2 fully saturated rings. The fourth-order valence-electron chi connectivity index (χ4n) is 4.92. The number of aryl methyl sites for hydroxylation is 1. The van der Waals surface area contributed by atoms with Crippen LogP contribution in [0, 0.1) is 18.3 Å². The van der Waals surface area contributed by atoms with E-state index < -0.39 is 12.2 Å². The van der Waals surface area contributed by atoms with E-state index in [9.17, 15) is 9.18 Å². The van der Waals surface area contributed by atoms with Crippen LogP contribution in [-0.4, -0.2) is 39.8 Å². The Kier molecular flexibility index (Phi) is 5.52. The molecule has 1 saturated heterocycles. The average Bonchev–Trinajstić information content (AvgIpc) is 2.93. The number of anilines is 2. The summed E-state index contributed by atoms with van der Waals surface area (Å²) in [7, 11) is 1.72. The van der Waals surface area contributed by atoms with Crippen molar-refractivity contribution in [3.8, 4) is 0 Å². The molecule has 3 heterocycles. The lowest BCUT2D eigenvalue weighted by Gasteiger charge is -2.42. The van der Waals surface area contributed by atoms with Gasteiger partial charge in [-0.2, -0.15) is 4.98 Å². The van der Waals surface area contributed by atoms with Crippen LogP contribution < -0.4 is 21.9 Å². The minimum absolute atomic E-state index is 0.00286. The molecule has 0 unspecified atom stereocenters. The molecule has 1 saturated carbocycles. The highest BCUT2D eigenvalue weighted by atomic mass is 32.2. The number of nitrogen functional groups attached to an aromatic ring is 1. The monoisotopic (exact) mass is 432 g/mol. The highest BCUT2D eigenvalue weighted by Crippen LogP contribution is 2.49. The first kappa shape index (κ1) is 21.1. The topological polar surface area (TPSA) is 103 Å². The van der Waals surface area contributed by atoms with E-state index in [0.717, 1.165) is 29.9 Å².